The van der Waals surface area contributed by atoms with Gasteiger partial charge in [-0.2, -0.15) is 52.7 Å². The zero-order chi connectivity index (χ0) is 28.1. The highest BCUT2D eigenvalue weighted by atomic mass is 127. The van der Waals surface area contributed by atoms with Gasteiger partial charge in [0, 0.05) is 16.9 Å². The minimum atomic E-state index is -6.10. The lowest BCUT2D eigenvalue weighted by molar-refractivity contribution is -0.348. The van der Waals surface area contributed by atoms with Gasteiger partial charge >= 0.3 is 34.0 Å². The van der Waals surface area contributed by atoms with Gasteiger partial charge in [0.2, 0.25) is 0 Å². The van der Waals surface area contributed by atoms with Crippen molar-refractivity contribution in [2.45, 2.75) is 34.0 Å². The summed E-state index contributed by atoms with van der Waals surface area (Å²) in [4.78, 5) is 0. The Morgan fingerprint density at radius 3 is 0.971 bits per heavy atom. The number of alkyl halides is 15. The number of benzene rings is 2. The molecule has 2 rings (SSSR count). The Labute approximate surface area is 201 Å². The van der Waals surface area contributed by atoms with Crippen LogP contribution in [0.15, 0.2) is 54.6 Å². The highest BCUT2D eigenvalue weighted by Crippen LogP contribution is 2.53. The molecule has 35 heavy (non-hydrogen) atoms. The lowest BCUT2D eigenvalue weighted by atomic mass is 9.94. The molecule has 0 radical (unpaired) electrons. The highest BCUT2D eigenvalue weighted by molar-refractivity contribution is 14.1. The third kappa shape index (κ3) is 8.45. The Morgan fingerprint density at radius 1 is 0.457 bits per heavy atom. The van der Waals surface area contributed by atoms with Crippen LogP contribution in [-0.2, 0) is 5.67 Å². The van der Waals surface area contributed by atoms with E-state index in [1.54, 1.807) is 0 Å². The van der Waals surface area contributed by atoms with Gasteiger partial charge in [-0.05, 0) is 46.9 Å². The van der Waals surface area contributed by atoms with Crippen LogP contribution in [-0.4, -0.2) is 28.4 Å². The van der Waals surface area contributed by atoms with E-state index in [0.29, 0.717) is 12.1 Å². The van der Waals surface area contributed by atoms with Gasteiger partial charge in [-0.15, -0.1) is 0 Å². The molecule has 2 aromatic carbocycles. The van der Waals surface area contributed by atoms with E-state index >= 15 is 0 Å². The second-order valence-corrected chi connectivity index (χ2v) is 7.74. The van der Waals surface area contributed by atoms with Crippen LogP contribution in [0.25, 0.3) is 0 Å². The molecule has 0 aliphatic heterocycles. The second-order valence-electron chi connectivity index (χ2n) is 6.26. The summed E-state index contributed by atoms with van der Waals surface area (Å²) in [5, 5.41) is 0. The second kappa shape index (κ2) is 11.2. The SMILES string of the molecule is FC(F)(F)C(F)(I)C(F)(F)F.Nc1ccc(C(F)(C(F)(F)F)C(F)(F)F)cc1.Nc1ccccc1. The molecule has 0 aliphatic carbocycles. The van der Waals surface area contributed by atoms with Crippen LogP contribution in [0.2, 0.25) is 0 Å². The third-order valence-electron chi connectivity index (χ3n) is 3.60. The fraction of sp³-hybridized carbons (Fsp3) is 0.333. The van der Waals surface area contributed by atoms with Gasteiger partial charge in [-0.3, -0.25) is 0 Å². The Bertz CT molecular complexity index is 871. The summed E-state index contributed by atoms with van der Waals surface area (Å²) in [5.41, 5.74) is 4.27. The highest BCUT2D eigenvalue weighted by Gasteiger charge is 2.73. The molecular formula is C18H13F14IN2. The summed E-state index contributed by atoms with van der Waals surface area (Å²) < 4.78 is 161. The van der Waals surface area contributed by atoms with E-state index in [2.05, 4.69) is 0 Å². The van der Waals surface area contributed by atoms with E-state index in [1.165, 1.54) is 0 Å². The smallest absolute Gasteiger partial charge is 0.399 e. The number of hydrogen-bond acceptors (Lipinski definition) is 2. The van der Waals surface area contributed by atoms with E-state index in [-0.39, 0.29) is 28.3 Å². The number of hydrogen-bond donors (Lipinski definition) is 2. The topological polar surface area (TPSA) is 52.0 Å². The number of nitrogen functional groups attached to an aromatic ring is 2. The van der Waals surface area contributed by atoms with Gasteiger partial charge in [0.25, 0.3) is 0 Å². The summed E-state index contributed by atoms with van der Waals surface area (Å²) in [5.74, 6) is 0. The summed E-state index contributed by atoms with van der Waals surface area (Å²) in [6.45, 7) is 0. The molecule has 0 unspecified atom stereocenters. The zero-order valence-electron chi connectivity index (χ0n) is 16.5. The Balaban J connectivity index is 0.000000548. The van der Waals surface area contributed by atoms with Crippen molar-refractivity contribution < 1.29 is 61.5 Å². The van der Waals surface area contributed by atoms with E-state index in [0.717, 1.165) is 17.8 Å². The van der Waals surface area contributed by atoms with Crippen molar-refractivity contribution in [3.05, 3.63) is 60.2 Å². The van der Waals surface area contributed by atoms with Gasteiger partial charge < -0.3 is 11.5 Å². The van der Waals surface area contributed by atoms with Gasteiger partial charge in [0.15, 0.2) is 0 Å². The summed E-state index contributed by atoms with van der Waals surface area (Å²) in [6.07, 6.45) is -24.0. The molecule has 0 bridgehead atoms. The first-order chi connectivity index (χ1) is 15.4. The number of anilines is 2. The Morgan fingerprint density at radius 2 is 0.771 bits per heavy atom. The molecule has 0 heterocycles. The van der Waals surface area contributed by atoms with Crippen LogP contribution in [0, 0.1) is 0 Å². The minimum absolute atomic E-state index is 0.0690. The monoisotopic (exact) mass is 650 g/mol. The third-order valence-corrected chi connectivity index (χ3v) is 4.82. The largest absolute Gasteiger partial charge is 0.441 e. The van der Waals surface area contributed by atoms with Gasteiger partial charge in [-0.25, -0.2) is 8.78 Å². The number of nitrogens with two attached hydrogens (primary N) is 2. The molecule has 0 aliphatic rings. The molecule has 17 heteroatoms. The average molecular weight is 650 g/mol. The number of rotatable bonds is 1. The summed E-state index contributed by atoms with van der Waals surface area (Å²) in [6, 6.07) is 11.7. The fourth-order valence-electron chi connectivity index (χ4n) is 1.81. The molecule has 0 spiro atoms. The van der Waals surface area contributed by atoms with E-state index in [9.17, 15) is 61.5 Å². The molecule has 0 amide bonds. The lowest BCUT2D eigenvalue weighted by Gasteiger charge is -2.30. The van der Waals surface area contributed by atoms with Gasteiger partial charge in [0.05, 0.1) is 0 Å². The predicted molar refractivity (Wildman–Crippen MR) is 107 cm³/mol. The molecular weight excluding hydrogens is 637 g/mol. The molecule has 0 fully saturated rings. The van der Waals surface area contributed by atoms with E-state index in [1.807, 2.05) is 30.3 Å². The normalized spacial score (nSPS) is 13.2. The van der Waals surface area contributed by atoms with E-state index < -0.39 is 39.6 Å². The minimum Gasteiger partial charge on any atom is -0.399 e. The van der Waals surface area contributed by atoms with Gasteiger partial charge in [0.1, 0.15) is 0 Å². The lowest BCUT2D eigenvalue weighted by Crippen LogP contribution is -2.50. The molecule has 0 aromatic heterocycles. The van der Waals surface area contributed by atoms with Crippen LogP contribution in [0.3, 0.4) is 0 Å². The Hall–Kier alpha value is -2.21. The maximum Gasteiger partial charge on any atom is 0.441 e. The van der Waals surface area contributed by atoms with Gasteiger partial charge in [-0.1, -0.05) is 30.3 Å². The zero-order valence-corrected chi connectivity index (χ0v) is 18.7. The van der Waals surface area contributed by atoms with Crippen LogP contribution in [0.5, 0.6) is 0 Å². The first-order valence-electron chi connectivity index (χ1n) is 8.39. The molecule has 2 aromatic rings. The van der Waals surface area contributed by atoms with Crippen LogP contribution in [0.1, 0.15) is 5.56 Å². The summed E-state index contributed by atoms with van der Waals surface area (Å²) in [7, 11) is 0. The van der Waals surface area contributed by atoms with E-state index in [4.69, 9.17) is 11.5 Å². The van der Waals surface area contributed by atoms with Crippen molar-refractivity contribution in [3.8, 4) is 0 Å². The first-order valence-corrected chi connectivity index (χ1v) is 9.47. The van der Waals surface area contributed by atoms with Crippen molar-refractivity contribution in [1.29, 1.82) is 0 Å². The molecule has 2 nitrogen and oxygen atoms in total. The first kappa shape index (κ1) is 32.8. The molecule has 4 N–H and O–H groups in total. The number of halogens is 15. The average Bonchev–Trinajstić information content (AvgIpc) is 2.66. The molecule has 0 saturated carbocycles. The predicted octanol–water partition coefficient (Wildman–Crippen LogP) is 8.04. The van der Waals surface area contributed by atoms with Crippen molar-refractivity contribution in [2.75, 3.05) is 11.5 Å². The standard InChI is InChI=1S/C9H6F7N.C6H7N.C3F7I/c10-7(8(11,12)13,9(14,15)16)5-1-3-6(17)4-2-5;7-6-4-2-1-3-5-6;4-1(11,2(5,6)7)3(8,9)10/h1-4H,17H2;1-5H,7H2;. The van der Waals surface area contributed by atoms with Crippen LogP contribution < -0.4 is 11.5 Å². The maximum atomic E-state index is 13.4. The molecule has 0 saturated heterocycles. The Kier molecular flexibility index (Phi) is 10.5. The van der Waals surface area contributed by atoms with Crippen molar-refractivity contribution in [3.63, 3.8) is 0 Å². The van der Waals surface area contributed by atoms with Crippen molar-refractivity contribution in [1.82, 2.24) is 0 Å². The van der Waals surface area contributed by atoms with Crippen LogP contribution >= 0.6 is 22.6 Å². The summed E-state index contributed by atoms with van der Waals surface area (Å²) >= 11 is -0.328. The fourth-order valence-corrected chi connectivity index (χ4v) is 1.81. The van der Waals surface area contributed by atoms with Crippen molar-refractivity contribution in [2.24, 2.45) is 0 Å². The van der Waals surface area contributed by atoms with Crippen molar-refractivity contribution >= 4 is 34.0 Å². The molecule has 200 valence electrons. The molecule has 0 atom stereocenters. The van der Waals surface area contributed by atoms with Crippen LogP contribution in [0.4, 0.5) is 72.8 Å². The maximum absolute atomic E-state index is 13.4. The quantitative estimate of drug-likeness (QED) is 0.142. The number of para-hydroxylation sites is 1.